The van der Waals surface area contributed by atoms with E-state index in [0.717, 1.165) is 18.4 Å². The lowest BCUT2D eigenvalue weighted by molar-refractivity contribution is 0.0475. The molecule has 2 aliphatic rings. The van der Waals surface area contributed by atoms with Crippen LogP contribution in [0.15, 0.2) is 42.5 Å². The van der Waals surface area contributed by atoms with Crippen molar-refractivity contribution >= 4 is 11.8 Å². The Morgan fingerprint density at radius 3 is 2.48 bits per heavy atom. The van der Waals surface area contributed by atoms with Crippen molar-refractivity contribution < 1.29 is 19.1 Å². The molecule has 0 aliphatic carbocycles. The molecule has 1 saturated heterocycles. The third kappa shape index (κ3) is 3.03. The van der Waals surface area contributed by atoms with Gasteiger partial charge in [0.1, 0.15) is 11.5 Å². The molecule has 1 atom stereocenters. The van der Waals surface area contributed by atoms with Crippen LogP contribution in [0.4, 0.5) is 0 Å². The van der Waals surface area contributed by atoms with E-state index in [2.05, 4.69) is 0 Å². The summed E-state index contributed by atoms with van der Waals surface area (Å²) in [6.07, 6.45) is 1.81. The van der Waals surface area contributed by atoms with E-state index in [0.29, 0.717) is 35.8 Å². The Labute approximate surface area is 146 Å². The third-order valence-corrected chi connectivity index (χ3v) is 4.61. The van der Waals surface area contributed by atoms with Gasteiger partial charge < -0.3 is 9.47 Å². The number of benzene rings is 2. The first kappa shape index (κ1) is 15.8. The molecule has 2 aromatic carbocycles. The summed E-state index contributed by atoms with van der Waals surface area (Å²) < 4.78 is 11.4. The summed E-state index contributed by atoms with van der Waals surface area (Å²) in [4.78, 5) is 26.4. The summed E-state index contributed by atoms with van der Waals surface area (Å²) in [7, 11) is 0. The molecule has 0 unspecified atom stereocenters. The topological polar surface area (TPSA) is 55.8 Å². The quantitative estimate of drug-likeness (QED) is 0.801. The number of carbonyl (C=O) groups is 2. The molecule has 2 amide bonds. The van der Waals surface area contributed by atoms with Gasteiger partial charge in [-0.05, 0) is 50.1 Å². The van der Waals surface area contributed by atoms with Crippen LogP contribution < -0.4 is 4.74 Å². The molecule has 0 N–H and O–H groups in total. The second kappa shape index (κ2) is 6.33. The molecule has 5 nitrogen and oxygen atoms in total. The minimum atomic E-state index is -0.273. The molecule has 2 aliphatic heterocycles. The Morgan fingerprint density at radius 2 is 1.76 bits per heavy atom. The number of nitrogens with zero attached hydrogens (tertiary/aromatic N) is 1. The Hall–Kier alpha value is -2.66. The van der Waals surface area contributed by atoms with Crippen molar-refractivity contribution in [1.29, 1.82) is 0 Å². The zero-order chi connectivity index (χ0) is 17.4. The van der Waals surface area contributed by atoms with Crippen LogP contribution in [0.2, 0.25) is 0 Å². The van der Waals surface area contributed by atoms with E-state index >= 15 is 0 Å². The standard InChI is InChI=1S/C20H19NO4/c1-13-4-6-14(7-5-13)25-15-8-9-17-18(11-15)20(23)21(19(17)22)12-16-3-2-10-24-16/h4-9,11,16H,2-3,10,12H2,1H3/t16-/m1/s1. The van der Waals surface area contributed by atoms with Crippen molar-refractivity contribution in [3.8, 4) is 11.5 Å². The number of fused-ring (bicyclic) bond motifs is 1. The molecule has 1 fully saturated rings. The van der Waals surface area contributed by atoms with Gasteiger partial charge in [-0.1, -0.05) is 17.7 Å². The lowest BCUT2D eigenvalue weighted by Gasteiger charge is -2.17. The second-order valence-corrected chi connectivity index (χ2v) is 6.48. The van der Waals surface area contributed by atoms with Crippen molar-refractivity contribution in [2.24, 2.45) is 0 Å². The summed E-state index contributed by atoms with van der Waals surface area (Å²) in [5.74, 6) is 0.712. The fraction of sp³-hybridized carbons (Fsp3) is 0.300. The molecule has 0 aromatic heterocycles. The highest BCUT2D eigenvalue weighted by atomic mass is 16.5. The molecule has 128 valence electrons. The number of aryl methyl sites for hydroxylation is 1. The summed E-state index contributed by atoms with van der Waals surface area (Å²) >= 11 is 0. The third-order valence-electron chi connectivity index (χ3n) is 4.61. The number of hydrogen-bond acceptors (Lipinski definition) is 4. The van der Waals surface area contributed by atoms with Gasteiger partial charge in [-0.15, -0.1) is 0 Å². The summed E-state index contributed by atoms with van der Waals surface area (Å²) in [6.45, 7) is 3.02. The zero-order valence-corrected chi connectivity index (χ0v) is 14.0. The van der Waals surface area contributed by atoms with Gasteiger partial charge in [-0.25, -0.2) is 0 Å². The number of hydrogen-bond donors (Lipinski definition) is 0. The first-order chi connectivity index (χ1) is 12.1. The number of ether oxygens (including phenoxy) is 2. The molecular weight excluding hydrogens is 318 g/mol. The summed E-state index contributed by atoms with van der Waals surface area (Å²) in [5.41, 5.74) is 1.97. The van der Waals surface area contributed by atoms with Gasteiger partial charge in [0, 0.05) is 6.61 Å². The van der Waals surface area contributed by atoms with Crippen molar-refractivity contribution in [1.82, 2.24) is 4.90 Å². The maximum atomic E-state index is 12.6. The van der Waals surface area contributed by atoms with Crippen molar-refractivity contribution in [3.63, 3.8) is 0 Å². The molecule has 2 heterocycles. The molecule has 0 spiro atoms. The molecule has 2 aromatic rings. The zero-order valence-electron chi connectivity index (χ0n) is 14.0. The molecule has 5 heteroatoms. The first-order valence-corrected chi connectivity index (χ1v) is 8.48. The van der Waals surface area contributed by atoms with E-state index in [9.17, 15) is 9.59 Å². The number of carbonyl (C=O) groups excluding carboxylic acids is 2. The molecule has 0 saturated carbocycles. The van der Waals surface area contributed by atoms with Crippen molar-refractivity contribution in [2.45, 2.75) is 25.9 Å². The maximum absolute atomic E-state index is 12.6. The Morgan fingerprint density at radius 1 is 1.04 bits per heavy atom. The predicted octanol–water partition coefficient (Wildman–Crippen LogP) is 3.56. The van der Waals surface area contributed by atoms with Crippen molar-refractivity contribution in [2.75, 3.05) is 13.2 Å². The lowest BCUT2D eigenvalue weighted by atomic mass is 10.1. The number of imide groups is 1. The smallest absolute Gasteiger partial charge is 0.261 e. The Kier molecular flexibility index (Phi) is 4.01. The average Bonchev–Trinajstić information content (AvgIpc) is 3.20. The number of rotatable bonds is 4. The van der Waals surface area contributed by atoms with Crippen LogP contribution in [0.3, 0.4) is 0 Å². The van der Waals surface area contributed by atoms with Gasteiger partial charge in [0.2, 0.25) is 0 Å². The van der Waals surface area contributed by atoms with Gasteiger partial charge in [-0.2, -0.15) is 0 Å². The fourth-order valence-corrected chi connectivity index (χ4v) is 3.23. The van der Waals surface area contributed by atoms with Crippen molar-refractivity contribution in [3.05, 3.63) is 59.2 Å². The lowest BCUT2D eigenvalue weighted by Crippen LogP contribution is -2.36. The van der Waals surface area contributed by atoms with Gasteiger partial charge >= 0.3 is 0 Å². The van der Waals surface area contributed by atoms with Crippen LogP contribution in [0.5, 0.6) is 11.5 Å². The number of amides is 2. The van der Waals surface area contributed by atoms with Gasteiger partial charge in [0.25, 0.3) is 11.8 Å². The minimum absolute atomic E-state index is 0.0505. The molecule has 25 heavy (non-hydrogen) atoms. The normalized spacial score (nSPS) is 19.4. The van der Waals surface area contributed by atoms with E-state index in [1.54, 1.807) is 18.2 Å². The van der Waals surface area contributed by atoms with E-state index < -0.39 is 0 Å². The summed E-state index contributed by atoms with van der Waals surface area (Å²) in [5, 5.41) is 0. The van der Waals surface area contributed by atoms with Gasteiger partial charge in [0.05, 0.1) is 23.8 Å². The van der Waals surface area contributed by atoms with Crippen LogP contribution in [-0.4, -0.2) is 36.0 Å². The summed E-state index contributed by atoms with van der Waals surface area (Å²) in [6, 6.07) is 12.7. The van der Waals surface area contributed by atoms with Crippen LogP contribution in [0.25, 0.3) is 0 Å². The maximum Gasteiger partial charge on any atom is 0.261 e. The van der Waals surface area contributed by atoms with Crippen LogP contribution in [0, 0.1) is 6.92 Å². The molecule has 0 radical (unpaired) electrons. The first-order valence-electron chi connectivity index (χ1n) is 8.48. The van der Waals surface area contributed by atoms with Gasteiger partial charge in [-0.3, -0.25) is 14.5 Å². The fourth-order valence-electron chi connectivity index (χ4n) is 3.23. The highest BCUT2D eigenvalue weighted by Gasteiger charge is 2.37. The monoisotopic (exact) mass is 337 g/mol. The van der Waals surface area contributed by atoms with E-state index in [1.807, 2.05) is 31.2 Å². The molecular formula is C20H19NO4. The van der Waals surface area contributed by atoms with E-state index in [4.69, 9.17) is 9.47 Å². The second-order valence-electron chi connectivity index (χ2n) is 6.48. The van der Waals surface area contributed by atoms with Crippen LogP contribution >= 0.6 is 0 Å². The SMILES string of the molecule is Cc1ccc(Oc2ccc3c(c2)C(=O)N(C[C@H]2CCCO2)C3=O)cc1. The highest BCUT2D eigenvalue weighted by Crippen LogP contribution is 2.30. The van der Waals surface area contributed by atoms with Crippen LogP contribution in [-0.2, 0) is 4.74 Å². The Bertz CT molecular complexity index is 822. The largest absolute Gasteiger partial charge is 0.457 e. The Balaban J connectivity index is 1.55. The minimum Gasteiger partial charge on any atom is -0.457 e. The highest BCUT2D eigenvalue weighted by molar-refractivity contribution is 6.21. The molecule has 4 rings (SSSR count). The van der Waals surface area contributed by atoms with Gasteiger partial charge in [0.15, 0.2) is 0 Å². The van der Waals surface area contributed by atoms with E-state index in [-0.39, 0.29) is 17.9 Å². The molecule has 0 bridgehead atoms. The predicted molar refractivity (Wildman–Crippen MR) is 92.0 cm³/mol. The average molecular weight is 337 g/mol. The van der Waals surface area contributed by atoms with E-state index in [1.165, 1.54) is 4.90 Å². The van der Waals surface area contributed by atoms with Crippen LogP contribution in [0.1, 0.15) is 39.1 Å².